The molecule has 0 saturated carbocycles. The average molecular weight is 232 g/mol. The summed E-state index contributed by atoms with van der Waals surface area (Å²) in [5.41, 5.74) is 2.37. The van der Waals surface area contributed by atoms with E-state index in [0.29, 0.717) is 18.1 Å². The highest BCUT2D eigenvalue weighted by atomic mass is 16.5. The quantitative estimate of drug-likeness (QED) is 0.798. The first-order chi connectivity index (χ1) is 8.24. The molecule has 17 heavy (non-hydrogen) atoms. The Kier molecular flexibility index (Phi) is 4.32. The van der Waals surface area contributed by atoms with E-state index >= 15 is 0 Å². The SMILES string of the molecule is Cc1ccc(CC(=O)CC2CCOCC2)cc1. The average Bonchev–Trinajstić information content (AvgIpc) is 2.33. The fourth-order valence-electron chi connectivity index (χ4n) is 2.28. The van der Waals surface area contributed by atoms with Crippen molar-refractivity contribution in [2.75, 3.05) is 13.2 Å². The van der Waals surface area contributed by atoms with E-state index in [0.717, 1.165) is 38.0 Å². The summed E-state index contributed by atoms with van der Waals surface area (Å²) in [6.07, 6.45) is 3.38. The number of rotatable bonds is 4. The molecule has 1 saturated heterocycles. The van der Waals surface area contributed by atoms with Crippen LogP contribution in [0.1, 0.15) is 30.4 Å². The highest BCUT2D eigenvalue weighted by Gasteiger charge is 2.17. The summed E-state index contributed by atoms with van der Waals surface area (Å²) in [6, 6.07) is 8.24. The minimum atomic E-state index is 0.362. The molecular formula is C15H20O2. The first kappa shape index (κ1) is 12.3. The van der Waals surface area contributed by atoms with Crippen molar-refractivity contribution in [2.24, 2.45) is 5.92 Å². The van der Waals surface area contributed by atoms with E-state index in [1.54, 1.807) is 0 Å². The Morgan fingerprint density at radius 3 is 2.53 bits per heavy atom. The molecule has 92 valence electrons. The van der Waals surface area contributed by atoms with Gasteiger partial charge in [-0.25, -0.2) is 0 Å². The van der Waals surface area contributed by atoms with Crippen LogP contribution in [0.3, 0.4) is 0 Å². The van der Waals surface area contributed by atoms with E-state index < -0.39 is 0 Å². The molecule has 0 unspecified atom stereocenters. The first-order valence-electron chi connectivity index (χ1n) is 6.39. The monoisotopic (exact) mass is 232 g/mol. The molecule has 1 aromatic carbocycles. The van der Waals surface area contributed by atoms with Gasteiger partial charge in [0.2, 0.25) is 0 Å². The van der Waals surface area contributed by atoms with Crippen LogP contribution in [-0.4, -0.2) is 19.0 Å². The highest BCUT2D eigenvalue weighted by Crippen LogP contribution is 2.19. The Bertz CT molecular complexity index is 361. The Balaban J connectivity index is 1.82. The van der Waals surface area contributed by atoms with Crippen molar-refractivity contribution in [1.82, 2.24) is 0 Å². The summed E-state index contributed by atoms with van der Waals surface area (Å²) in [5, 5.41) is 0. The van der Waals surface area contributed by atoms with Gasteiger partial charge in [-0.1, -0.05) is 29.8 Å². The molecule has 1 aliphatic heterocycles. The number of Topliss-reactive ketones (excluding diaryl/α,β-unsaturated/α-hetero) is 1. The van der Waals surface area contributed by atoms with Gasteiger partial charge in [0, 0.05) is 26.1 Å². The van der Waals surface area contributed by atoms with Crippen LogP contribution in [0, 0.1) is 12.8 Å². The van der Waals surface area contributed by atoms with Crippen LogP contribution in [0.15, 0.2) is 24.3 Å². The summed E-state index contributed by atoms with van der Waals surface area (Å²) >= 11 is 0. The van der Waals surface area contributed by atoms with Crippen LogP contribution in [0.5, 0.6) is 0 Å². The molecule has 2 rings (SSSR count). The minimum absolute atomic E-state index is 0.362. The molecule has 1 aromatic rings. The van der Waals surface area contributed by atoms with E-state index in [1.807, 2.05) is 0 Å². The number of hydrogen-bond donors (Lipinski definition) is 0. The second-order valence-electron chi connectivity index (χ2n) is 4.96. The predicted octanol–water partition coefficient (Wildman–Crippen LogP) is 2.92. The minimum Gasteiger partial charge on any atom is -0.381 e. The van der Waals surface area contributed by atoms with Crippen LogP contribution >= 0.6 is 0 Å². The maximum atomic E-state index is 11.9. The zero-order chi connectivity index (χ0) is 12.1. The Morgan fingerprint density at radius 2 is 1.88 bits per heavy atom. The third-order valence-corrected chi connectivity index (χ3v) is 3.38. The lowest BCUT2D eigenvalue weighted by atomic mass is 9.92. The lowest BCUT2D eigenvalue weighted by molar-refractivity contribution is -0.120. The van der Waals surface area contributed by atoms with Crippen molar-refractivity contribution in [2.45, 2.75) is 32.6 Å². The smallest absolute Gasteiger partial charge is 0.137 e. The molecule has 0 aromatic heterocycles. The molecule has 0 aliphatic carbocycles. The Morgan fingerprint density at radius 1 is 1.24 bits per heavy atom. The van der Waals surface area contributed by atoms with Crippen molar-refractivity contribution >= 4 is 5.78 Å². The molecule has 1 aliphatic rings. The molecule has 0 radical (unpaired) electrons. The van der Waals surface area contributed by atoms with Gasteiger partial charge in [-0.05, 0) is 31.2 Å². The number of carbonyl (C=O) groups excluding carboxylic acids is 1. The highest BCUT2D eigenvalue weighted by molar-refractivity contribution is 5.81. The largest absolute Gasteiger partial charge is 0.381 e. The maximum absolute atomic E-state index is 11.9. The first-order valence-corrected chi connectivity index (χ1v) is 6.39. The number of aryl methyl sites for hydroxylation is 1. The molecule has 0 bridgehead atoms. The van der Waals surface area contributed by atoms with Crippen LogP contribution in [0.25, 0.3) is 0 Å². The van der Waals surface area contributed by atoms with Crippen molar-refractivity contribution in [3.63, 3.8) is 0 Å². The summed E-state index contributed by atoms with van der Waals surface area (Å²) in [4.78, 5) is 11.9. The van der Waals surface area contributed by atoms with Crippen molar-refractivity contribution in [3.8, 4) is 0 Å². The van der Waals surface area contributed by atoms with Crippen LogP contribution in [0.2, 0.25) is 0 Å². The van der Waals surface area contributed by atoms with E-state index in [-0.39, 0.29) is 0 Å². The van der Waals surface area contributed by atoms with E-state index in [4.69, 9.17) is 4.74 Å². The van der Waals surface area contributed by atoms with Gasteiger partial charge in [-0.2, -0.15) is 0 Å². The van der Waals surface area contributed by atoms with E-state index in [1.165, 1.54) is 5.56 Å². The summed E-state index contributed by atoms with van der Waals surface area (Å²) < 4.78 is 5.30. The van der Waals surface area contributed by atoms with Gasteiger partial charge in [-0.3, -0.25) is 4.79 Å². The molecular weight excluding hydrogens is 212 g/mol. The lowest BCUT2D eigenvalue weighted by Gasteiger charge is -2.21. The molecule has 2 nitrogen and oxygen atoms in total. The second-order valence-corrected chi connectivity index (χ2v) is 4.96. The van der Waals surface area contributed by atoms with Gasteiger partial charge < -0.3 is 4.74 Å². The molecule has 0 spiro atoms. The zero-order valence-corrected chi connectivity index (χ0v) is 10.4. The zero-order valence-electron chi connectivity index (χ0n) is 10.4. The third kappa shape index (κ3) is 3.97. The van der Waals surface area contributed by atoms with E-state index in [2.05, 4.69) is 31.2 Å². The molecule has 0 amide bonds. The normalized spacial score (nSPS) is 17.0. The molecule has 1 heterocycles. The summed E-state index contributed by atoms with van der Waals surface area (Å²) in [5.74, 6) is 0.905. The topological polar surface area (TPSA) is 26.3 Å². The van der Waals surface area contributed by atoms with Gasteiger partial charge in [0.05, 0.1) is 0 Å². The predicted molar refractivity (Wildman–Crippen MR) is 68.1 cm³/mol. The van der Waals surface area contributed by atoms with Crippen LogP contribution in [-0.2, 0) is 16.0 Å². The summed E-state index contributed by atoms with van der Waals surface area (Å²) in [6.45, 7) is 3.71. The fraction of sp³-hybridized carbons (Fsp3) is 0.533. The maximum Gasteiger partial charge on any atom is 0.137 e. The van der Waals surface area contributed by atoms with E-state index in [9.17, 15) is 4.79 Å². The van der Waals surface area contributed by atoms with Gasteiger partial charge >= 0.3 is 0 Å². The van der Waals surface area contributed by atoms with Crippen LogP contribution < -0.4 is 0 Å². The third-order valence-electron chi connectivity index (χ3n) is 3.38. The number of ketones is 1. The standard InChI is InChI=1S/C15H20O2/c1-12-2-4-13(5-3-12)10-15(16)11-14-6-8-17-9-7-14/h2-5,14H,6-11H2,1H3. The number of carbonyl (C=O) groups is 1. The van der Waals surface area contributed by atoms with Gasteiger partial charge in [0.25, 0.3) is 0 Å². The van der Waals surface area contributed by atoms with Gasteiger partial charge in [0.1, 0.15) is 5.78 Å². The van der Waals surface area contributed by atoms with Crippen molar-refractivity contribution in [3.05, 3.63) is 35.4 Å². The lowest BCUT2D eigenvalue weighted by Crippen LogP contribution is -2.19. The fourth-order valence-corrected chi connectivity index (χ4v) is 2.28. The Labute approximate surface area is 103 Å². The van der Waals surface area contributed by atoms with Crippen molar-refractivity contribution < 1.29 is 9.53 Å². The number of benzene rings is 1. The molecule has 0 N–H and O–H groups in total. The van der Waals surface area contributed by atoms with Gasteiger partial charge in [-0.15, -0.1) is 0 Å². The molecule has 1 fully saturated rings. The molecule has 2 heteroatoms. The Hall–Kier alpha value is -1.15. The van der Waals surface area contributed by atoms with Crippen LogP contribution in [0.4, 0.5) is 0 Å². The molecule has 0 atom stereocenters. The van der Waals surface area contributed by atoms with Crippen molar-refractivity contribution in [1.29, 1.82) is 0 Å². The number of ether oxygens (including phenoxy) is 1. The summed E-state index contributed by atoms with van der Waals surface area (Å²) in [7, 11) is 0. The number of hydrogen-bond acceptors (Lipinski definition) is 2. The van der Waals surface area contributed by atoms with Gasteiger partial charge in [0.15, 0.2) is 0 Å². The second kappa shape index (κ2) is 5.97.